The van der Waals surface area contributed by atoms with Crippen LogP contribution in [0.3, 0.4) is 0 Å². The van der Waals surface area contributed by atoms with Crippen molar-refractivity contribution >= 4 is 17.8 Å². The predicted octanol–water partition coefficient (Wildman–Crippen LogP) is 1.34. The Morgan fingerprint density at radius 3 is 2.36 bits per heavy atom. The van der Waals surface area contributed by atoms with Crippen molar-refractivity contribution in [3.63, 3.8) is 0 Å². The van der Waals surface area contributed by atoms with E-state index >= 15 is 0 Å². The van der Waals surface area contributed by atoms with Crippen LogP contribution in [0.4, 0.5) is 0 Å². The molecule has 0 radical (unpaired) electrons. The molecule has 1 heterocycles. The lowest BCUT2D eigenvalue weighted by molar-refractivity contribution is -0.168. The lowest BCUT2D eigenvalue weighted by Gasteiger charge is -2.29. The van der Waals surface area contributed by atoms with E-state index < -0.39 is 18.0 Å². The van der Waals surface area contributed by atoms with Crippen molar-refractivity contribution in [3.05, 3.63) is 0 Å². The second-order valence-corrected chi connectivity index (χ2v) is 6.60. The summed E-state index contributed by atoms with van der Waals surface area (Å²) < 4.78 is 5.05. The van der Waals surface area contributed by atoms with Gasteiger partial charge in [0.1, 0.15) is 6.04 Å². The predicted molar refractivity (Wildman–Crippen MR) is 83.0 cm³/mol. The average molecular weight is 312 g/mol. The van der Waals surface area contributed by atoms with Crippen LogP contribution in [0.25, 0.3) is 0 Å². The van der Waals surface area contributed by atoms with Gasteiger partial charge < -0.3 is 15.0 Å². The Kier molecular flexibility index (Phi) is 7.00. The summed E-state index contributed by atoms with van der Waals surface area (Å²) in [7, 11) is 1.56. The van der Waals surface area contributed by atoms with Crippen molar-refractivity contribution in [2.24, 2.45) is 11.8 Å². The minimum Gasteiger partial charge on any atom is -0.391 e. The standard InChI is InChI=1S/C16H28N2O4/c1-10(2)8-14(18(5)12(4)19)16(21)22-15(20)13-7-6-11(3)17-9-13/h10-11,13-14,17H,6-9H2,1-5H3/t11-,13+,14+/m0/s1. The molecule has 0 bridgehead atoms. The van der Waals surface area contributed by atoms with Gasteiger partial charge in [0.05, 0.1) is 5.92 Å². The number of hydrogen-bond acceptors (Lipinski definition) is 5. The monoisotopic (exact) mass is 312 g/mol. The average Bonchev–Trinajstić information content (AvgIpc) is 2.44. The van der Waals surface area contributed by atoms with E-state index in [1.807, 2.05) is 13.8 Å². The van der Waals surface area contributed by atoms with Gasteiger partial charge in [0.15, 0.2) is 0 Å². The molecule has 0 aromatic carbocycles. The van der Waals surface area contributed by atoms with Gasteiger partial charge in [0, 0.05) is 26.6 Å². The number of esters is 2. The highest BCUT2D eigenvalue weighted by atomic mass is 16.6. The number of piperidine rings is 1. The Morgan fingerprint density at radius 2 is 1.91 bits per heavy atom. The van der Waals surface area contributed by atoms with Gasteiger partial charge in [-0.2, -0.15) is 0 Å². The van der Waals surface area contributed by atoms with Crippen LogP contribution >= 0.6 is 0 Å². The summed E-state index contributed by atoms with van der Waals surface area (Å²) in [6, 6.07) is -0.325. The van der Waals surface area contributed by atoms with E-state index in [4.69, 9.17) is 4.74 Å². The normalized spacial score (nSPS) is 23.0. The molecule has 0 aromatic rings. The van der Waals surface area contributed by atoms with E-state index in [1.54, 1.807) is 7.05 Å². The van der Waals surface area contributed by atoms with Crippen LogP contribution in [-0.2, 0) is 19.1 Å². The molecule has 6 heteroatoms. The molecule has 6 nitrogen and oxygen atoms in total. The van der Waals surface area contributed by atoms with Crippen molar-refractivity contribution < 1.29 is 19.1 Å². The van der Waals surface area contributed by atoms with Crippen LogP contribution < -0.4 is 5.32 Å². The third-order valence-electron chi connectivity index (χ3n) is 4.13. The fraction of sp³-hybridized carbons (Fsp3) is 0.812. The molecule has 126 valence electrons. The first-order valence-electron chi connectivity index (χ1n) is 7.94. The number of likely N-dealkylation sites (N-methyl/N-ethyl adjacent to an activating group) is 1. The van der Waals surface area contributed by atoms with Crippen molar-refractivity contribution in [1.82, 2.24) is 10.2 Å². The quantitative estimate of drug-likeness (QED) is 0.612. The largest absolute Gasteiger partial charge is 0.391 e. The Bertz CT molecular complexity index is 414. The number of nitrogens with one attached hydrogen (secondary N) is 1. The van der Waals surface area contributed by atoms with Crippen molar-refractivity contribution in [2.75, 3.05) is 13.6 Å². The third-order valence-corrected chi connectivity index (χ3v) is 4.13. The Morgan fingerprint density at radius 1 is 1.27 bits per heavy atom. The van der Waals surface area contributed by atoms with Gasteiger partial charge in [-0.15, -0.1) is 0 Å². The van der Waals surface area contributed by atoms with E-state index in [1.165, 1.54) is 11.8 Å². The number of ether oxygens (including phenoxy) is 1. The minimum atomic E-state index is -0.711. The molecule has 0 saturated carbocycles. The van der Waals surface area contributed by atoms with Crippen LogP contribution in [0.1, 0.15) is 47.0 Å². The maximum Gasteiger partial charge on any atom is 0.336 e. The Hall–Kier alpha value is -1.43. The van der Waals surface area contributed by atoms with E-state index in [-0.39, 0.29) is 17.7 Å². The van der Waals surface area contributed by atoms with Gasteiger partial charge in [-0.25, -0.2) is 4.79 Å². The Balaban J connectivity index is 2.65. The van der Waals surface area contributed by atoms with Crippen molar-refractivity contribution in [2.45, 2.75) is 59.0 Å². The zero-order valence-corrected chi connectivity index (χ0v) is 14.2. The van der Waals surface area contributed by atoms with Crippen LogP contribution in [-0.4, -0.2) is 48.4 Å². The summed E-state index contributed by atoms with van der Waals surface area (Å²) >= 11 is 0. The number of hydrogen-bond donors (Lipinski definition) is 1. The molecule has 1 amide bonds. The topological polar surface area (TPSA) is 75.7 Å². The summed E-state index contributed by atoms with van der Waals surface area (Å²) in [4.78, 5) is 37.3. The Labute approximate surface area is 132 Å². The van der Waals surface area contributed by atoms with Crippen LogP contribution in [0.15, 0.2) is 0 Å². The molecule has 0 spiro atoms. The van der Waals surface area contributed by atoms with Gasteiger partial charge in [0.2, 0.25) is 5.91 Å². The third kappa shape index (κ3) is 5.40. The molecule has 1 N–H and O–H groups in total. The van der Waals surface area contributed by atoms with Crippen molar-refractivity contribution in [1.29, 1.82) is 0 Å². The second-order valence-electron chi connectivity index (χ2n) is 6.60. The van der Waals surface area contributed by atoms with E-state index in [2.05, 4.69) is 12.2 Å². The number of nitrogens with zero attached hydrogens (tertiary/aromatic N) is 1. The first-order chi connectivity index (χ1) is 10.2. The highest BCUT2D eigenvalue weighted by molar-refractivity contribution is 5.91. The maximum atomic E-state index is 12.3. The van der Waals surface area contributed by atoms with Crippen LogP contribution in [0.5, 0.6) is 0 Å². The lowest BCUT2D eigenvalue weighted by atomic mass is 9.95. The minimum absolute atomic E-state index is 0.214. The molecule has 1 aliphatic heterocycles. The first kappa shape index (κ1) is 18.6. The van der Waals surface area contributed by atoms with Gasteiger partial charge >= 0.3 is 11.9 Å². The van der Waals surface area contributed by atoms with Gasteiger partial charge in [0.25, 0.3) is 0 Å². The highest BCUT2D eigenvalue weighted by Crippen LogP contribution is 2.18. The van der Waals surface area contributed by atoms with Crippen LogP contribution in [0, 0.1) is 11.8 Å². The maximum absolute atomic E-state index is 12.3. The summed E-state index contributed by atoms with van der Waals surface area (Å²) in [5.41, 5.74) is 0. The number of carbonyl (C=O) groups excluding carboxylic acids is 3. The first-order valence-corrected chi connectivity index (χ1v) is 7.94. The fourth-order valence-corrected chi connectivity index (χ4v) is 2.53. The molecular formula is C16H28N2O4. The number of carbonyl (C=O) groups is 3. The van der Waals surface area contributed by atoms with Gasteiger partial charge in [-0.05, 0) is 32.1 Å². The zero-order chi connectivity index (χ0) is 16.9. The van der Waals surface area contributed by atoms with E-state index in [0.29, 0.717) is 19.0 Å². The molecule has 1 rings (SSSR count). The summed E-state index contributed by atoms with van der Waals surface area (Å²) in [6.45, 7) is 7.91. The molecule has 0 unspecified atom stereocenters. The fourth-order valence-electron chi connectivity index (χ4n) is 2.53. The zero-order valence-electron chi connectivity index (χ0n) is 14.2. The van der Waals surface area contributed by atoms with E-state index in [0.717, 1.165) is 12.8 Å². The van der Waals surface area contributed by atoms with Gasteiger partial charge in [-0.1, -0.05) is 13.8 Å². The highest BCUT2D eigenvalue weighted by Gasteiger charge is 2.32. The SMILES string of the molecule is CC(=O)N(C)[C@H](CC(C)C)C(=O)OC(=O)[C@@H]1CC[C@H](C)NC1. The molecular weight excluding hydrogens is 284 g/mol. The molecule has 1 fully saturated rings. The summed E-state index contributed by atoms with van der Waals surface area (Å²) in [5, 5.41) is 3.21. The van der Waals surface area contributed by atoms with Crippen LogP contribution in [0.2, 0.25) is 0 Å². The number of amides is 1. The number of rotatable bonds is 5. The summed E-state index contributed by atoms with van der Waals surface area (Å²) in [5.74, 6) is -1.41. The van der Waals surface area contributed by atoms with E-state index in [9.17, 15) is 14.4 Å². The molecule has 0 aliphatic carbocycles. The molecule has 22 heavy (non-hydrogen) atoms. The lowest BCUT2D eigenvalue weighted by Crippen LogP contribution is -2.46. The molecule has 1 aliphatic rings. The molecule has 0 aromatic heterocycles. The molecule has 3 atom stereocenters. The van der Waals surface area contributed by atoms with Gasteiger partial charge in [-0.3, -0.25) is 9.59 Å². The smallest absolute Gasteiger partial charge is 0.336 e. The van der Waals surface area contributed by atoms with Crippen molar-refractivity contribution in [3.8, 4) is 0 Å². The summed E-state index contributed by atoms with van der Waals surface area (Å²) in [6.07, 6.45) is 2.08. The second kappa shape index (κ2) is 8.27. The molecule has 1 saturated heterocycles.